The van der Waals surface area contributed by atoms with Gasteiger partial charge in [0.05, 0.1) is 20.8 Å². The van der Waals surface area contributed by atoms with Crippen LogP contribution in [0.3, 0.4) is 0 Å². The normalized spacial score (nSPS) is 13.8. The van der Waals surface area contributed by atoms with Crippen molar-refractivity contribution in [1.82, 2.24) is 9.80 Å². The third kappa shape index (κ3) is 6.78. The molecule has 0 unspecified atom stereocenters. The summed E-state index contributed by atoms with van der Waals surface area (Å²) >= 11 is 0. The van der Waals surface area contributed by atoms with Crippen LogP contribution in [0.1, 0.15) is 25.8 Å². The van der Waals surface area contributed by atoms with Gasteiger partial charge in [0.25, 0.3) is 0 Å². The van der Waals surface area contributed by atoms with E-state index in [0.717, 1.165) is 68.6 Å². The lowest BCUT2D eigenvalue weighted by Gasteiger charge is -2.36. The molecule has 0 radical (unpaired) electrons. The number of carbonyl (C=O) groups is 1. The maximum absolute atomic E-state index is 12.8. The number of methoxy groups -OCH3 is 2. The first-order valence-electron chi connectivity index (χ1n) is 11.8. The minimum Gasteiger partial charge on any atom is -0.497 e. The zero-order valence-electron chi connectivity index (χ0n) is 20.4. The Morgan fingerprint density at radius 2 is 1.67 bits per heavy atom. The van der Waals surface area contributed by atoms with E-state index in [9.17, 15) is 4.79 Å². The molecule has 7 nitrogen and oxygen atoms in total. The van der Waals surface area contributed by atoms with Crippen molar-refractivity contribution in [2.24, 2.45) is 0 Å². The van der Waals surface area contributed by atoms with Crippen LogP contribution in [0.15, 0.2) is 42.5 Å². The number of piperazine rings is 1. The number of hydrogen-bond acceptors (Lipinski definition) is 6. The van der Waals surface area contributed by atoms with Gasteiger partial charge in [-0.25, -0.2) is 0 Å². The van der Waals surface area contributed by atoms with E-state index in [2.05, 4.69) is 34.9 Å². The summed E-state index contributed by atoms with van der Waals surface area (Å²) in [6, 6.07) is 14.2. The third-order valence-electron chi connectivity index (χ3n) is 6.09. The van der Waals surface area contributed by atoms with Gasteiger partial charge < -0.3 is 24.0 Å². The van der Waals surface area contributed by atoms with Crippen LogP contribution in [-0.4, -0.2) is 75.8 Å². The number of rotatable bonds is 11. The molecule has 1 fully saturated rings. The molecule has 2 aromatic rings. The fourth-order valence-electron chi connectivity index (χ4n) is 4.11. The number of benzene rings is 2. The lowest BCUT2D eigenvalue weighted by atomic mass is 10.1. The Kier molecular flexibility index (Phi) is 9.24. The van der Waals surface area contributed by atoms with Crippen LogP contribution in [0, 0.1) is 0 Å². The van der Waals surface area contributed by atoms with Gasteiger partial charge in [-0.15, -0.1) is 0 Å². The summed E-state index contributed by atoms with van der Waals surface area (Å²) in [7, 11) is 3.33. The summed E-state index contributed by atoms with van der Waals surface area (Å²) in [5, 5.41) is 0. The zero-order chi connectivity index (χ0) is 23.6. The van der Waals surface area contributed by atoms with E-state index >= 15 is 0 Å². The Morgan fingerprint density at radius 1 is 0.939 bits per heavy atom. The third-order valence-corrected chi connectivity index (χ3v) is 6.09. The topological polar surface area (TPSA) is 54.5 Å². The van der Waals surface area contributed by atoms with Gasteiger partial charge in [0, 0.05) is 51.4 Å². The van der Waals surface area contributed by atoms with E-state index in [1.165, 1.54) is 5.69 Å². The second-order valence-electron chi connectivity index (χ2n) is 8.10. The van der Waals surface area contributed by atoms with Crippen LogP contribution in [0.4, 0.5) is 5.69 Å². The Balaban J connectivity index is 1.47. The minimum absolute atomic E-state index is 0.229. The highest BCUT2D eigenvalue weighted by Crippen LogP contribution is 2.28. The van der Waals surface area contributed by atoms with E-state index < -0.39 is 0 Å². The van der Waals surface area contributed by atoms with Gasteiger partial charge in [-0.3, -0.25) is 9.69 Å². The molecule has 7 heteroatoms. The van der Waals surface area contributed by atoms with Crippen LogP contribution in [-0.2, 0) is 11.3 Å². The van der Waals surface area contributed by atoms with E-state index in [1.54, 1.807) is 14.2 Å². The average Bonchev–Trinajstić information content (AvgIpc) is 2.87. The zero-order valence-corrected chi connectivity index (χ0v) is 20.4. The molecule has 3 rings (SSSR count). The van der Waals surface area contributed by atoms with Crippen LogP contribution >= 0.6 is 0 Å². The summed E-state index contributed by atoms with van der Waals surface area (Å²) < 4.78 is 16.3. The van der Waals surface area contributed by atoms with Crippen molar-refractivity contribution in [2.45, 2.75) is 26.8 Å². The molecular weight excluding hydrogens is 418 g/mol. The fourth-order valence-corrected chi connectivity index (χ4v) is 4.11. The Hall–Kier alpha value is -2.93. The highest BCUT2D eigenvalue weighted by atomic mass is 16.5. The highest BCUT2D eigenvalue weighted by molar-refractivity contribution is 5.76. The fraction of sp³-hybridized carbons (Fsp3) is 0.500. The van der Waals surface area contributed by atoms with Crippen molar-refractivity contribution in [3.63, 3.8) is 0 Å². The van der Waals surface area contributed by atoms with Crippen molar-refractivity contribution in [3.05, 3.63) is 48.0 Å². The Bertz CT molecular complexity index is 880. The lowest BCUT2D eigenvalue weighted by molar-refractivity contribution is -0.131. The maximum atomic E-state index is 12.8. The number of hydrogen-bond donors (Lipinski definition) is 0. The summed E-state index contributed by atoms with van der Waals surface area (Å²) in [5.41, 5.74) is 2.32. The quantitative estimate of drug-likeness (QED) is 0.515. The molecule has 1 saturated heterocycles. The van der Waals surface area contributed by atoms with Crippen LogP contribution in [0.5, 0.6) is 17.2 Å². The SMILES string of the molecule is CCOc1ccc(CN(CC)CCC(=O)N2CCN(c3ccc(OC)cc3)CC2)cc1OC. The van der Waals surface area contributed by atoms with E-state index in [4.69, 9.17) is 14.2 Å². The molecule has 1 aliphatic rings. The molecular formula is C26H37N3O4. The van der Waals surface area contributed by atoms with Crippen molar-refractivity contribution < 1.29 is 19.0 Å². The predicted molar refractivity (Wildman–Crippen MR) is 132 cm³/mol. The minimum atomic E-state index is 0.229. The van der Waals surface area contributed by atoms with Crippen LogP contribution in [0.2, 0.25) is 0 Å². The van der Waals surface area contributed by atoms with Crippen LogP contribution < -0.4 is 19.1 Å². The number of ether oxygens (including phenoxy) is 3. The van der Waals surface area contributed by atoms with Gasteiger partial charge in [-0.1, -0.05) is 13.0 Å². The molecule has 1 aliphatic heterocycles. The highest BCUT2D eigenvalue weighted by Gasteiger charge is 2.21. The molecule has 0 spiro atoms. The largest absolute Gasteiger partial charge is 0.497 e. The molecule has 0 N–H and O–H groups in total. The number of nitrogens with zero attached hydrogens (tertiary/aromatic N) is 3. The summed E-state index contributed by atoms with van der Waals surface area (Å²) in [4.78, 5) is 19.4. The number of carbonyl (C=O) groups excluding carboxylic acids is 1. The number of amides is 1. The maximum Gasteiger partial charge on any atom is 0.223 e. The van der Waals surface area contributed by atoms with E-state index in [0.29, 0.717) is 13.0 Å². The standard InChI is InChI=1S/C26H37N3O4/c1-5-27(20-21-7-12-24(33-6-2)25(19-21)32-4)14-13-26(30)29-17-15-28(16-18-29)22-8-10-23(31-3)11-9-22/h7-12,19H,5-6,13-18,20H2,1-4H3. The van der Waals surface area contributed by atoms with Crippen molar-refractivity contribution in [2.75, 3.05) is 65.0 Å². The van der Waals surface area contributed by atoms with Gasteiger partial charge in [0.1, 0.15) is 5.75 Å². The molecule has 0 atom stereocenters. The number of anilines is 1. The summed E-state index contributed by atoms with van der Waals surface area (Å²) in [6.45, 7) is 10.3. The summed E-state index contributed by atoms with van der Waals surface area (Å²) in [5.74, 6) is 2.59. The predicted octanol–water partition coefficient (Wildman–Crippen LogP) is 3.66. The molecule has 0 aromatic heterocycles. The molecule has 2 aromatic carbocycles. The molecule has 33 heavy (non-hydrogen) atoms. The molecule has 1 heterocycles. The van der Waals surface area contributed by atoms with Gasteiger partial charge in [0.2, 0.25) is 5.91 Å². The molecule has 0 saturated carbocycles. The molecule has 180 valence electrons. The van der Waals surface area contributed by atoms with E-state index in [-0.39, 0.29) is 5.91 Å². The van der Waals surface area contributed by atoms with Gasteiger partial charge >= 0.3 is 0 Å². The van der Waals surface area contributed by atoms with Gasteiger partial charge in [-0.2, -0.15) is 0 Å². The molecule has 0 bridgehead atoms. The average molecular weight is 456 g/mol. The van der Waals surface area contributed by atoms with Crippen molar-refractivity contribution >= 4 is 11.6 Å². The second kappa shape index (κ2) is 12.3. The molecule has 0 aliphatic carbocycles. The lowest BCUT2D eigenvalue weighted by Crippen LogP contribution is -2.49. The van der Waals surface area contributed by atoms with Gasteiger partial charge in [0.15, 0.2) is 11.5 Å². The monoisotopic (exact) mass is 455 g/mol. The van der Waals surface area contributed by atoms with Gasteiger partial charge in [-0.05, 0) is 55.4 Å². The van der Waals surface area contributed by atoms with Crippen molar-refractivity contribution in [3.8, 4) is 17.2 Å². The Morgan fingerprint density at radius 3 is 2.27 bits per heavy atom. The first-order chi connectivity index (χ1) is 16.1. The second-order valence-corrected chi connectivity index (χ2v) is 8.10. The van der Waals surface area contributed by atoms with Crippen molar-refractivity contribution in [1.29, 1.82) is 0 Å². The van der Waals surface area contributed by atoms with Crippen LogP contribution in [0.25, 0.3) is 0 Å². The first-order valence-corrected chi connectivity index (χ1v) is 11.8. The summed E-state index contributed by atoms with van der Waals surface area (Å²) in [6.07, 6.45) is 0.532. The molecule has 1 amide bonds. The Labute approximate surface area is 197 Å². The first kappa shape index (κ1) is 24.7. The van der Waals surface area contributed by atoms with E-state index in [1.807, 2.05) is 36.1 Å². The smallest absolute Gasteiger partial charge is 0.223 e.